The van der Waals surface area contributed by atoms with E-state index < -0.39 is 12.2 Å². The number of benzene rings is 1. The van der Waals surface area contributed by atoms with E-state index in [0.717, 1.165) is 62.6 Å². The van der Waals surface area contributed by atoms with E-state index >= 15 is 0 Å². The zero-order valence-electron chi connectivity index (χ0n) is 26.4. The van der Waals surface area contributed by atoms with Crippen LogP contribution in [0.1, 0.15) is 75.5 Å². The fourth-order valence-corrected chi connectivity index (χ4v) is 8.04. The number of aromatic amines is 1. The van der Waals surface area contributed by atoms with E-state index in [0.29, 0.717) is 31.1 Å². The quantitative estimate of drug-likeness (QED) is 0.160. The standard InChI is InChI=1S/C38H49N3O4/c1-2-38-15-3-5-26(12-17-38)37(44)36-25(11-16-38)7-8-27(22-33(36)43)28-9-10-32(42)34(23-28)45-20-14-30(21-31-6-4-18-40-31)29-13-19-41-35(39)24-29/h4,6-10,13,18,23-27,30,33,36-37,40-44H,2-3,5,12,14-15,17,19-22,39H2,1H3/t25-,26-,27-,30+,33+,36-,37-,38-/m0/s1. The highest BCUT2D eigenvalue weighted by Gasteiger charge is 2.42. The van der Waals surface area contributed by atoms with Crippen LogP contribution in [0.3, 0.4) is 0 Å². The van der Waals surface area contributed by atoms with Crippen molar-refractivity contribution in [3.63, 3.8) is 0 Å². The van der Waals surface area contributed by atoms with Crippen LogP contribution in [0.4, 0.5) is 0 Å². The topological polar surface area (TPSA) is 124 Å². The number of hydrogen-bond acceptors (Lipinski definition) is 6. The van der Waals surface area contributed by atoms with Crippen molar-refractivity contribution in [2.24, 2.45) is 34.8 Å². The molecule has 2 heterocycles. The number of nitrogens with two attached hydrogens (primary N) is 1. The van der Waals surface area contributed by atoms with Crippen LogP contribution in [0.25, 0.3) is 0 Å². The number of phenolic OH excluding ortho intramolecular Hbond substituents is 1. The normalized spacial score (nSPS) is 31.7. The first-order chi connectivity index (χ1) is 21.8. The number of aromatic hydroxyl groups is 1. The first-order valence-electron chi connectivity index (χ1n) is 16.9. The highest BCUT2D eigenvalue weighted by Crippen LogP contribution is 2.45. The Bertz CT molecular complexity index is 1470. The van der Waals surface area contributed by atoms with Gasteiger partial charge in [-0.25, -0.2) is 0 Å². The number of hydrogen-bond donors (Lipinski definition) is 6. The van der Waals surface area contributed by atoms with Gasteiger partial charge in [-0.3, -0.25) is 0 Å². The molecule has 2 bridgehead atoms. The summed E-state index contributed by atoms with van der Waals surface area (Å²) in [6.45, 7) is 3.36. The highest BCUT2D eigenvalue weighted by atomic mass is 16.5. The van der Waals surface area contributed by atoms with Gasteiger partial charge in [0, 0.05) is 41.6 Å². The minimum Gasteiger partial charge on any atom is -0.504 e. The lowest BCUT2D eigenvalue weighted by Gasteiger charge is -2.34. The molecular formula is C38H49N3O4. The van der Waals surface area contributed by atoms with Crippen LogP contribution in [-0.4, -0.2) is 45.7 Å². The predicted octanol–water partition coefficient (Wildman–Crippen LogP) is 5.67. The Kier molecular flexibility index (Phi) is 9.63. The van der Waals surface area contributed by atoms with Gasteiger partial charge in [0.25, 0.3) is 0 Å². The Hall–Kier alpha value is -3.60. The molecular weight excluding hydrogens is 562 g/mol. The molecule has 6 rings (SSSR count). The molecule has 45 heavy (non-hydrogen) atoms. The van der Waals surface area contributed by atoms with Crippen molar-refractivity contribution in [3.05, 3.63) is 83.5 Å². The lowest BCUT2D eigenvalue weighted by Crippen LogP contribution is -2.40. The van der Waals surface area contributed by atoms with Gasteiger partial charge in [0.1, 0.15) is 0 Å². The van der Waals surface area contributed by atoms with Gasteiger partial charge in [0.15, 0.2) is 11.5 Å². The summed E-state index contributed by atoms with van der Waals surface area (Å²) in [4.78, 5) is 3.31. The molecule has 1 aromatic heterocycles. The molecule has 0 saturated heterocycles. The van der Waals surface area contributed by atoms with Crippen LogP contribution in [0.15, 0.2) is 72.2 Å². The maximum Gasteiger partial charge on any atom is 0.161 e. The monoisotopic (exact) mass is 611 g/mol. The molecule has 3 aliphatic carbocycles. The van der Waals surface area contributed by atoms with Gasteiger partial charge >= 0.3 is 0 Å². The van der Waals surface area contributed by atoms with Crippen LogP contribution in [0.5, 0.6) is 11.5 Å². The van der Waals surface area contributed by atoms with Crippen molar-refractivity contribution in [2.75, 3.05) is 13.2 Å². The van der Waals surface area contributed by atoms with Crippen LogP contribution in [0.2, 0.25) is 0 Å². The average molecular weight is 612 g/mol. The number of dihydropyridines is 1. The summed E-state index contributed by atoms with van der Waals surface area (Å²) in [5.74, 6) is 8.22. The lowest BCUT2D eigenvalue weighted by molar-refractivity contribution is -0.0344. The lowest BCUT2D eigenvalue weighted by atomic mass is 9.76. The number of ether oxygens (including phenoxy) is 1. The molecule has 7 nitrogen and oxygen atoms in total. The van der Waals surface area contributed by atoms with Gasteiger partial charge < -0.3 is 36.1 Å². The number of phenols is 1. The van der Waals surface area contributed by atoms with E-state index in [1.165, 1.54) is 5.57 Å². The number of aliphatic hydroxyl groups is 2. The predicted molar refractivity (Wildman–Crippen MR) is 177 cm³/mol. The van der Waals surface area contributed by atoms with E-state index in [2.05, 4.69) is 53.4 Å². The third kappa shape index (κ3) is 7.13. The number of aromatic nitrogens is 1. The Labute approximate surface area is 267 Å². The molecule has 240 valence electrons. The fourth-order valence-electron chi connectivity index (χ4n) is 8.04. The zero-order valence-corrected chi connectivity index (χ0v) is 26.4. The number of nitrogens with one attached hydrogen (secondary N) is 2. The first-order valence-corrected chi connectivity index (χ1v) is 16.9. The van der Waals surface area contributed by atoms with Crippen LogP contribution >= 0.6 is 0 Å². The molecule has 2 aromatic rings. The summed E-state index contributed by atoms with van der Waals surface area (Å²) in [5, 5.41) is 37.1. The number of allylic oxidation sites excluding steroid dienone is 4. The Morgan fingerprint density at radius 3 is 2.84 bits per heavy atom. The Balaban J connectivity index is 1.18. The number of aliphatic hydroxyl groups excluding tert-OH is 2. The molecule has 0 amide bonds. The van der Waals surface area contributed by atoms with Gasteiger partial charge in [-0.05, 0) is 105 Å². The molecule has 7 heteroatoms. The third-order valence-electron chi connectivity index (χ3n) is 10.9. The summed E-state index contributed by atoms with van der Waals surface area (Å²) >= 11 is 0. The summed E-state index contributed by atoms with van der Waals surface area (Å²) < 4.78 is 6.22. The first kappa shape index (κ1) is 31.4. The molecule has 0 radical (unpaired) electrons. The molecule has 4 aliphatic rings. The number of rotatable bonds is 9. The minimum atomic E-state index is -0.693. The van der Waals surface area contributed by atoms with E-state index in [1.807, 2.05) is 30.5 Å². The maximum atomic E-state index is 11.6. The largest absolute Gasteiger partial charge is 0.504 e. The molecule has 1 fully saturated rings. The van der Waals surface area contributed by atoms with E-state index in [4.69, 9.17) is 10.5 Å². The Morgan fingerprint density at radius 1 is 1.16 bits per heavy atom. The molecule has 7 N–H and O–H groups in total. The minimum absolute atomic E-state index is 0.0187. The van der Waals surface area contributed by atoms with Gasteiger partial charge in [-0.2, -0.15) is 0 Å². The SMILES string of the molecule is CC[C@@]12C#C[C@@H]3C=C[C@H](c4ccc(O)c(OCC[C@H](Cc5ccc[nH]5)C5=CCNC(N)=C5)c4)C[C@@H](O)[C@H]3[C@@H](O)[C@@H](CCC1)CC2. The molecule has 1 aromatic carbocycles. The fraction of sp³-hybridized carbons (Fsp3) is 0.526. The van der Waals surface area contributed by atoms with Gasteiger partial charge in [0.2, 0.25) is 0 Å². The van der Waals surface area contributed by atoms with Crippen molar-refractivity contribution in [1.29, 1.82) is 0 Å². The van der Waals surface area contributed by atoms with Crippen molar-refractivity contribution in [1.82, 2.24) is 10.3 Å². The average Bonchev–Trinajstić information content (AvgIpc) is 3.40. The van der Waals surface area contributed by atoms with Crippen LogP contribution in [-0.2, 0) is 6.42 Å². The third-order valence-corrected chi connectivity index (χ3v) is 10.9. The molecule has 0 spiro atoms. The smallest absolute Gasteiger partial charge is 0.161 e. The number of fused-ring (bicyclic) bond motifs is 4. The van der Waals surface area contributed by atoms with Gasteiger partial charge in [-0.1, -0.05) is 49.5 Å². The van der Waals surface area contributed by atoms with Gasteiger partial charge in [-0.15, -0.1) is 0 Å². The second-order valence-electron chi connectivity index (χ2n) is 13.6. The van der Waals surface area contributed by atoms with Crippen molar-refractivity contribution < 1.29 is 20.1 Å². The highest BCUT2D eigenvalue weighted by molar-refractivity contribution is 5.44. The summed E-state index contributed by atoms with van der Waals surface area (Å²) in [6.07, 6.45) is 17.4. The van der Waals surface area contributed by atoms with E-state index in [9.17, 15) is 15.3 Å². The van der Waals surface area contributed by atoms with Crippen LogP contribution in [0, 0.1) is 40.9 Å². The van der Waals surface area contributed by atoms with E-state index in [-0.39, 0.29) is 40.8 Å². The van der Waals surface area contributed by atoms with Crippen molar-refractivity contribution in [2.45, 2.75) is 82.8 Å². The summed E-state index contributed by atoms with van der Waals surface area (Å²) in [7, 11) is 0. The second kappa shape index (κ2) is 13.8. The summed E-state index contributed by atoms with van der Waals surface area (Å²) in [6, 6.07) is 9.59. The Morgan fingerprint density at radius 2 is 2.04 bits per heavy atom. The molecule has 1 aliphatic heterocycles. The molecule has 8 atom stereocenters. The summed E-state index contributed by atoms with van der Waals surface area (Å²) in [5.41, 5.74) is 9.40. The molecule has 0 unspecified atom stereocenters. The second-order valence-corrected chi connectivity index (χ2v) is 13.6. The van der Waals surface area contributed by atoms with Crippen molar-refractivity contribution in [3.8, 4) is 23.3 Å². The van der Waals surface area contributed by atoms with Crippen LogP contribution < -0.4 is 15.8 Å². The zero-order chi connectivity index (χ0) is 31.4. The van der Waals surface area contributed by atoms with E-state index in [1.54, 1.807) is 6.07 Å². The van der Waals surface area contributed by atoms with Gasteiger partial charge in [0.05, 0.1) is 24.6 Å². The maximum absolute atomic E-state index is 11.6. The van der Waals surface area contributed by atoms with Crippen molar-refractivity contribution >= 4 is 0 Å². The number of H-pyrrole nitrogens is 1. The molecule has 1 saturated carbocycles.